The lowest BCUT2D eigenvalue weighted by molar-refractivity contribution is -0.133. The van der Waals surface area contributed by atoms with E-state index in [4.69, 9.17) is 0 Å². The van der Waals surface area contributed by atoms with Gasteiger partial charge >= 0.3 is 0 Å². The highest BCUT2D eigenvalue weighted by molar-refractivity contribution is 7.13. The number of carbonyl (C=O) groups is 2. The smallest absolute Gasteiger partial charge is 0.240 e. The Morgan fingerprint density at radius 1 is 1.21 bits per heavy atom. The van der Waals surface area contributed by atoms with Crippen molar-refractivity contribution >= 4 is 28.3 Å². The zero-order valence-corrected chi connectivity index (χ0v) is 14.9. The summed E-state index contributed by atoms with van der Waals surface area (Å²) in [5, 5.41) is 5.28. The fraction of sp³-hybridized carbons (Fsp3) is 0.706. The average Bonchev–Trinajstić information content (AvgIpc) is 3.27. The summed E-state index contributed by atoms with van der Waals surface area (Å²) in [5.74, 6) is 1.02. The van der Waals surface area contributed by atoms with Crippen molar-refractivity contribution in [3.63, 3.8) is 0 Å². The maximum Gasteiger partial charge on any atom is 0.240 e. The first-order valence-corrected chi connectivity index (χ1v) is 9.78. The SMILES string of the molecule is O=C(CN1CCN(C(=O)CCC2CCCC2)CC1)Nc1nccs1. The normalized spacial score (nSPS) is 19.6. The highest BCUT2D eigenvalue weighted by atomic mass is 32.1. The maximum atomic E-state index is 12.3. The average molecular weight is 350 g/mol. The van der Waals surface area contributed by atoms with Crippen molar-refractivity contribution in [2.45, 2.75) is 38.5 Å². The lowest BCUT2D eigenvalue weighted by Gasteiger charge is -2.34. The van der Waals surface area contributed by atoms with Crippen LogP contribution >= 0.6 is 11.3 Å². The largest absolute Gasteiger partial charge is 0.340 e. The molecule has 1 aromatic rings. The lowest BCUT2D eigenvalue weighted by atomic mass is 10.0. The van der Waals surface area contributed by atoms with Crippen LogP contribution in [-0.2, 0) is 9.59 Å². The van der Waals surface area contributed by atoms with Crippen molar-refractivity contribution in [2.75, 3.05) is 38.0 Å². The number of nitrogens with zero attached hydrogens (tertiary/aromatic N) is 3. The lowest BCUT2D eigenvalue weighted by Crippen LogP contribution is -2.50. The van der Waals surface area contributed by atoms with Gasteiger partial charge in [-0.05, 0) is 12.3 Å². The van der Waals surface area contributed by atoms with Crippen LogP contribution in [0.15, 0.2) is 11.6 Å². The third-order valence-electron chi connectivity index (χ3n) is 5.01. The predicted octanol–water partition coefficient (Wildman–Crippen LogP) is 2.20. The summed E-state index contributed by atoms with van der Waals surface area (Å²) in [6.45, 7) is 3.35. The van der Waals surface area contributed by atoms with Gasteiger partial charge in [0.25, 0.3) is 0 Å². The summed E-state index contributed by atoms with van der Waals surface area (Å²) < 4.78 is 0. The molecule has 0 spiro atoms. The Kier molecular flexibility index (Phi) is 6.20. The van der Waals surface area contributed by atoms with Gasteiger partial charge in [-0.3, -0.25) is 14.5 Å². The van der Waals surface area contributed by atoms with E-state index >= 15 is 0 Å². The first-order chi connectivity index (χ1) is 11.7. The summed E-state index contributed by atoms with van der Waals surface area (Å²) in [4.78, 5) is 32.4. The second-order valence-corrected chi connectivity index (χ2v) is 7.63. The van der Waals surface area contributed by atoms with Crippen LogP contribution in [-0.4, -0.2) is 59.3 Å². The van der Waals surface area contributed by atoms with E-state index in [1.807, 2.05) is 10.3 Å². The minimum Gasteiger partial charge on any atom is -0.340 e. The number of amides is 2. The van der Waals surface area contributed by atoms with Gasteiger partial charge in [0.15, 0.2) is 5.13 Å². The van der Waals surface area contributed by atoms with Crippen LogP contribution < -0.4 is 5.32 Å². The number of anilines is 1. The summed E-state index contributed by atoms with van der Waals surface area (Å²) in [5.41, 5.74) is 0. The molecule has 1 saturated carbocycles. The van der Waals surface area contributed by atoms with Gasteiger partial charge < -0.3 is 10.2 Å². The Labute approximate surface area is 147 Å². The Morgan fingerprint density at radius 3 is 2.62 bits per heavy atom. The molecule has 0 atom stereocenters. The monoisotopic (exact) mass is 350 g/mol. The molecule has 1 saturated heterocycles. The number of aromatic nitrogens is 1. The van der Waals surface area contributed by atoms with Crippen molar-refractivity contribution in [2.24, 2.45) is 5.92 Å². The molecule has 1 aromatic heterocycles. The molecular weight excluding hydrogens is 324 g/mol. The van der Waals surface area contributed by atoms with Gasteiger partial charge in [0.1, 0.15) is 0 Å². The van der Waals surface area contributed by atoms with E-state index in [0.717, 1.165) is 38.5 Å². The summed E-state index contributed by atoms with van der Waals surface area (Å²) in [6.07, 6.45) is 8.69. The quantitative estimate of drug-likeness (QED) is 0.854. The molecule has 2 amide bonds. The van der Waals surface area contributed by atoms with Gasteiger partial charge in [0.2, 0.25) is 11.8 Å². The highest BCUT2D eigenvalue weighted by Gasteiger charge is 2.23. The molecule has 24 heavy (non-hydrogen) atoms. The molecule has 2 heterocycles. The van der Waals surface area contributed by atoms with Crippen LogP contribution in [0.3, 0.4) is 0 Å². The van der Waals surface area contributed by atoms with E-state index in [2.05, 4.69) is 15.2 Å². The number of rotatable bonds is 6. The standard InChI is InChI=1S/C17H26N4O2S/c22-15(19-17-18-7-12-24-17)13-20-8-10-21(11-9-20)16(23)6-5-14-3-1-2-4-14/h7,12,14H,1-6,8-11,13H2,(H,18,19,22). The predicted molar refractivity (Wildman–Crippen MR) is 95.0 cm³/mol. The van der Waals surface area contributed by atoms with Gasteiger partial charge in [-0.2, -0.15) is 0 Å². The second-order valence-electron chi connectivity index (χ2n) is 6.73. The van der Waals surface area contributed by atoms with Gasteiger partial charge in [0, 0.05) is 44.2 Å². The van der Waals surface area contributed by atoms with Gasteiger partial charge in [-0.1, -0.05) is 25.7 Å². The van der Waals surface area contributed by atoms with E-state index in [0.29, 0.717) is 18.1 Å². The van der Waals surface area contributed by atoms with E-state index in [9.17, 15) is 9.59 Å². The molecule has 132 valence electrons. The van der Waals surface area contributed by atoms with E-state index in [-0.39, 0.29) is 11.8 Å². The van der Waals surface area contributed by atoms with Crippen LogP contribution in [0.1, 0.15) is 38.5 Å². The summed E-state index contributed by atoms with van der Waals surface area (Å²) in [6, 6.07) is 0. The van der Waals surface area contributed by atoms with Crippen LogP contribution in [0.4, 0.5) is 5.13 Å². The highest BCUT2D eigenvalue weighted by Crippen LogP contribution is 2.28. The molecule has 3 rings (SSSR count). The molecule has 0 bridgehead atoms. The fourth-order valence-electron chi connectivity index (χ4n) is 3.59. The van der Waals surface area contributed by atoms with Crippen molar-refractivity contribution in [3.05, 3.63) is 11.6 Å². The molecule has 1 N–H and O–H groups in total. The number of hydrogen-bond acceptors (Lipinski definition) is 5. The third-order valence-corrected chi connectivity index (χ3v) is 5.70. The molecule has 0 unspecified atom stereocenters. The number of carbonyl (C=O) groups excluding carboxylic acids is 2. The van der Waals surface area contributed by atoms with E-state index in [1.165, 1.54) is 37.0 Å². The van der Waals surface area contributed by atoms with E-state index in [1.54, 1.807) is 6.20 Å². The number of hydrogen-bond donors (Lipinski definition) is 1. The number of piperazine rings is 1. The van der Waals surface area contributed by atoms with Crippen LogP contribution in [0.2, 0.25) is 0 Å². The van der Waals surface area contributed by atoms with Crippen molar-refractivity contribution in [3.8, 4) is 0 Å². The Morgan fingerprint density at radius 2 is 1.96 bits per heavy atom. The number of thiazole rings is 1. The Bertz CT molecular complexity index is 535. The molecule has 1 aliphatic carbocycles. The molecule has 2 fully saturated rings. The van der Waals surface area contributed by atoms with Gasteiger partial charge in [-0.15, -0.1) is 11.3 Å². The Balaban J connectivity index is 1.34. The van der Waals surface area contributed by atoms with Crippen LogP contribution in [0, 0.1) is 5.92 Å². The zero-order chi connectivity index (χ0) is 16.8. The van der Waals surface area contributed by atoms with Crippen molar-refractivity contribution < 1.29 is 9.59 Å². The molecule has 0 radical (unpaired) electrons. The zero-order valence-electron chi connectivity index (χ0n) is 14.1. The van der Waals surface area contributed by atoms with Gasteiger partial charge in [-0.25, -0.2) is 4.98 Å². The maximum absolute atomic E-state index is 12.3. The molecular formula is C17H26N4O2S. The molecule has 7 heteroatoms. The van der Waals surface area contributed by atoms with Crippen molar-refractivity contribution in [1.29, 1.82) is 0 Å². The Hall–Kier alpha value is -1.47. The summed E-state index contributed by atoms with van der Waals surface area (Å²) >= 11 is 1.42. The van der Waals surface area contributed by atoms with Crippen LogP contribution in [0.5, 0.6) is 0 Å². The first-order valence-electron chi connectivity index (χ1n) is 8.90. The summed E-state index contributed by atoms with van der Waals surface area (Å²) in [7, 11) is 0. The van der Waals surface area contributed by atoms with Crippen molar-refractivity contribution in [1.82, 2.24) is 14.8 Å². The number of nitrogens with one attached hydrogen (secondary N) is 1. The topological polar surface area (TPSA) is 65.5 Å². The van der Waals surface area contributed by atoms with E-state index < -0.39 is 0 Å². The third kappa shape index (κ3) is 5.01. The molecule has 0 aromatic carbocycles. The molecule has 2 aliphatic rings. The first kappa shape index (κ1) is 17.4. The molecule has 1 aliphatic heterocycles. The molecule has 6 nitrogen and oxygen atoms in total. The second kappa shape index (κ2) is 8.58. The van der Waals surface area contributed by atoms with Gasteiger partial charge in [0.05, 0.1) is 6.54 Å². The minimum atomic E-state index is -0.0361. The fourth-order valence-corrected chi connectivity index (χ4v) is 4.13. The minimum absolute atomic E-state index is 0.0361. The van der Waals surface area contributed by atoms with Crippen LogP contribution in [0.25, 0.3) is 0 Å².